The molecule has 0 aromatic carbocycles. The van der Waals surface area contributed by atoms with Gasteiger partial charge in [-0.15, -0.1) is 0 Å². The number of aryl methyl sites for hydroxylation is 1. The van der Waals surface area contributed by atoms with E-state index in [1.807, 2.05) is 30.2 Å². The minimum atomic E-state index is -0.229. The number of amides is 1. The summed E-state index contributed by atoms with van der Waals surface area (Å²) in [7, 11) is 0. The van der Waals surface area contributed by atoms with E-state index in [0.717, 1.165) is 25.1 Å². The minimum Gasteiger partial charge on any atom is -0.469 e. The number of anilines is 1. The highest BCUT2D eigenvalue weighted by Gasteiger charge is 2.47. The van der Waals surface area contributed by atoms with Crippen LogP contribution in [-0.4, -0.2) is 47.1 Å². The van der Waals surface area contributed by atoms with Gasteiger partial charge in [-0.05, 0) is 31.5 Å². The third-order valence-corrected chi connectivity index (χ3v) is 4.93. The quantitative estimate of drug-likeness (QED) is 0.938. The maximum Gasteiger partial charge on any atom is 0.257 e. The molecule has 126 valence electrons. The molecule has 2 aromatic heterocycles. The average Bonchev–Trinajstić information content (AvgIpc) is 3.30. The summed E-state index contributed by atoms with van der Waals surface area (Å²) in [6, 6.07) is 5.91. The molecule has 0 aliphatic carbocycles. The number of hydrogen-bond donors (Lipinski definition) is 1. The lowest BCUT2D eigenvalue weighted by Crippen LogP contribution is -2.36. The lowest BCUT2D eigenvalue weighted by atomic mass is 9.97. The lowest BCUT2D eigenvalue weighted by molar-refractivity contribution is 0.0124. The van der Waals surface area contributed by atoms with Crippen molar-refractivity contribution in [2.45, 2.75) is 31.4 Å². The van der Waals surface area contributed by atoms with Crippen LogP contribution in [0.4, 0.5) is 5.69 Å². The number of furan rings is 1. The first-order valence-corrected chi connectivity index (χ1v) is 8.29. The van der Waals surface area contributed by atoms with Gasteiger partial charge < -0.3 is 19.4 Å². The third-order valence-electron chi connectivity index (χ3n) is 4.93. The summed E-state index contributed by atoms with van der Waals surface area (Å²) in [5, 5.41) is 3.47. The van der Waals surface area contributed by atoms with Crippen molar-refractivity contribution in [3.05, 3.63) is 48.2 Å². The summed E-state index contributed by atoms with van der Waals surface area (Å²) in [5.41, 5.74) is 1.42. The summed E-state index contributed by atoms with van der Waals surface area (Å²) >= 11 is 0. The fraction of sp³-hybridized carbons (Fsp3) is 0.444. The van der Waals surface area contributed by atoms with Gasteiger partial charge in [0.1, 0.15) is 5.76 Å². The normalized spacial score (nSPS) is 26.2. The second kappa shape index (κ2) is 5.94. The fourth-order valence-electron chi connectivity index (χ4n) is 3.70. The fourth-order valence-corrected chi connectivity index (χ4v) is 3.70. The van der Waals surface area contributed by atoms with Crippen molar-refractivity contribution in [3.63, 3.8) is 0 Å². The van der Waals surface area contributed by atoms with E-state index < -0.39 is 0 Å². The number of carbonyl (C=O) groups is 1. The Morgan fingerprint density at radius 1 is 1.46 bits per heavy atom. The smallest absolute Gasteiger partial charge is 0.257 e. The first-order valence-electron chi connectivity index (χ1n) is 8.29. The topological polar surface area (TPSA) is 67.6 Å². The lowest BCUT2D eigenvalue weighted by Gasteiger charge is -2.23. The van der Waals surface area contributed by atoms with E-state index in [2.05, 4.69) is 10.3 Å². The van der Waals surface area contributed by atoms with Crippen molar-refractivity contribution in [2.24, 2.45) is 0 Å². The number of rotatable bonds is 3. The molecule has 2 saturated heterocycles. The first-order chi connectivity index (χ1) is 11.7. The highest BCUT2D eigenvalue weighted by Crippen LogP contribution is 2.36. The van der Waals surface area contributed by atoms with Crippen molar-refractivity contribution in [3.8, 4) is 0 Å². The number of ether oxygens (including phenoxy) is 1. The van der Waals surface area contributed by atoms with Gasteiger partial charge in [-0.1, -0.05) is 0 Å². The maximum atomic E-state index is 12.6. The predicted octanol–water partition coefficient (Wildman–Crippen LogP) is 2.47. The number of likely N-dealkylation sites (tertiary alicyclic amines) is 1. The van der Waals surface area contributed by atoms with Crippen LogP contribution in [0, 0.1) is 6.92 Å². The molecular weight excluding hydrogens is 306 g/mol. The van der Waals surface area contributed by atoms with Gasteiger partial charge in [0.25, 0.3) is 5.91 Å². The van der Waals surface area contributed by atoms with E-state index in [-0.39, 0.29) is 17.6 Å². The van der Waals surface area contributed by atoms with Crippen molar-refractivity contribution in [2.75, 3.05) is 25.0 Å². The summed E-state index contributed by atoms with van der Waals surface area (Å²) in [6.07, 6.45) is 6.92. The Bertz CT molecular complexity index is 730. The van der Waals surface area contributed by atoms with Crippen LogP contribution in [0.15, 0.2) is 41.3 Å². The molecule has 1 spiro atoms. The van der Waals surface area contributed by atoms with E-state index in [0.29, 0.717) is 24.5 Å². The van der Waals surface area contributed by atoms with E-state index >= 15 is 0 Å². The highest BCUT2D eigenvalue weighted by atomic mass is 16.5. The predicted molar refractivity (Wildman–Crippen MR) is 88.9 cm³/mol. The van der Waals surface area contributed by atoms with E-state index in [1.165, 1.54) is 0 Å². The average molecular weight is 327 g/mol. The second-order valence-electron chi connectivity index (χ2n) is 6.65. The Kier molecular flexibility index (Phi) is 3.76. The SMILES string of the molecule is Cc1occc1C(=O)N1CC[C@@]2(C[C@H](Nc3cccnc3)CO2)C1. The molecule has 0 radical (unpaired) electrons. The zero-order valence-corrected chi connectivity index (χ0v) is 13.7. The Balaban J connectivity index is 1.40. The summed E-state index contributed by atoms with van der Waals surface area (Å²) in [4.78, 5) is 18.6. The second-order valence-corrected chi connectivity index (χ2v) is 6.65. The molecule has 2 fully saturated rings. The Morgan fingerprint density at radius 3 is 3.12 bits per heavy atom. The van der Waals surface area contributed by atoms with Crippen molar-refractivity contribution in [1.82, 2.24) is 9.88 Å². The van der Waals surface area contributed by atoms with Gasteiger partial charge in [-0.3, -0.25) is 9.78 Å². The van der Waals surface area contributed by atoms with Gasteiger partial charge in [-0.2, -0.15) is 0 Å². The van der Waals surface area contributed by atoms with Gasteiger partial charge in [0, 0.05) is 25.4 Å². The van der Waals surface area contributed by atoms with Crippen LogP contribution in [0.2, 0.25) is 0 Å². The number of nitrogens with one attached hydrogen (secondary N) is 1. The molecule has 24 heavy (non-hydrogen) atoms. The van der Waals surface area contributed by atoms with Gasteiger partial charge in [0.05, 0.1) is 42.3 Å². The number of hydrogen-bond acceptors (Lipinski definition) is 5. The first kappa shape index (κ1) is 15.2. The van der Waals surface area contributed by atoms with Crippen LogP contribution < -0.4 is 5.32 Å². The molecule has 6 heteroatoms. The molecule has 2 aliphatic heterocycles. The van der Waals surface area contributed by atoms with Gasteiger partial charge in [-0.25, -0.2) is 0 Å². The van der Waals surface area contributed by atoms with E-state index in [9.17, 15) is 4.79 Å². The monoisotopic (exact) mass is 327 g/mol. The molecule has 2 atom stereocenters. The van der Waals surface area contributed by atoms with E-state index in [1.54, 1.807) is 18.5 Å². The van der Waals surface area contributed by atoms with Crippen LogP contribution in [0.5, 0.6) is 0 Å². The number of pyridine rings is 1. The molecule has 1 N–H and O–H groups in total. The zero-order chi connectivity index (χ0) is 16.6. The molecule has 0 unspecified atom stereocenters. The zero-order valence-electron chi connectivity index (χ0n) is 13.7. The highest BCUT2D eigenvalue weighted by molar-refractivity contribution is 5.95. The van der Waals surface area contributed by atoms with Crippen molar-refractivity contribution >= 4 is 11.6 Å². The van der Waals surface area contributed by atoms with Gasteiger partial charge in [0.2, 0.25) is 0 Å². The van der Waals surface area contributed by atoms with Crippen LogP contribution >= 0.6 is 0 Å². The summed E-state index contributed by atoms with van der Waals surface area (Å²) in [5.74, 6) is 0.704. The van der Waals surface area contributed by atoms with Crippen molar-refractivity contribution < 1.29 is 13.9 Å². The molecule has 0 saturated carbocycles. The molecule has 6 nitrogen and oxygen atoms in total. The Labute approximate surface area is 140 Å². The van der Waals surface area contributed by atoms with Gasteiger partial charge >= 0.3 is 0 Å². The standard InChI is InChI=1S/C18H21N3O3/c1-13-16(4-8-23-13)17(22)21-7-5-18(12-21)9-15(11-24-18)20-14-3-2-6-19-10-14/h2-4,6,8,10,15,20H,5,7,9,11-12H2,1H3/t15-,18+/m0/s1. The molecule has 2 aliphatic rings. The summed E-state index contributed by atoms with van der Waals surface area (Å²) in [6.45, 7) is 3.84. The van der Waals surface area contributed by atoms with Crippen LogP contribution in [0.25, 0.3) is 0 Å². The molecule has 2 aromatic rings. The third kappa shape index (κ3) is 2.78. The van der Waals surface area contributed by atoms with Crippen LogP contribution in [-0.2, 0) is 4.74 Å². The number of nitrogens with zero attached hydrogens (tertiary/aromatic N) is 2. The summed E-state index contributed by atoms with van der Waals surface area (Å²) < 4.78 is 11.4. The molecule has 1 amide bonds. The van der Waals surface area contributed by atoms with Crippen molar-refractivity contribution in [1.29, 1.82) is 0 Å². The molecular formula is C18H21N3O3. The number of carbonyl (C=O) groups excluding carboxylic acids is 1. The Hall–Kier alpha value is -2.34. The van der Waals surface area contributed by atoms with Crippen LogP contribution in [0.3, 0.4) is 0 Å². The molecule has 4 rings (SSSR count). The molecule has 4 heterocycles. The largest absolute Gasteiger partial charge is 0.469 e. The molecule has 0 bridgehead atoms. The van der Waals surface area contributed by atoms with E-state index in [4.69, 9.17) is 9.15 Å². The minimum absolute atomic E-state index is 0.0328. The van der Waals surface area contributed by atoms with Crippen LogP contribution in [0.1, 0.15) is 29.0 Å². The number of aromatic nitrogens is 1. The van der Waals surface area contributed by atoms with Gasteiger partial charge in [0.15, 0.2) is 0 Å². The maximum absolute atomic E-state index is 12.6. The Morgan fingerprint density at radius 2 is 2.38 bits per heavy atom.